The Morgan fingerprint density at radius 1 is 1.41 bits per heavy atom. The molecular weight excluding hydrogens is 261 g/mol. The van der Waals surface area contributed by atoms with Crippen molar-refractivity contribution in [2.24, 2.45) is 0 Å². The summed E-state index contributed by atoms with van der Waals surface area (Å²) in [5.41, 5.74) is 1.39. The van der Waals surface area contributed by atoms with Gasteiger partial charge in [0, 0.05) is 10.0 Å². The molecular formula is C11H11Cl2N3O. The molecule has 1 aromatic heterocycles. The van der Waals surface area contributed by atoms with Crippen LogP contribution in [-0.4, -0.2) is 20.1 Å². The number of aliphatic hydroxyl groups excluding tert-OH is 1. The molecule has 0 saturated carbocycles. The summed E-state index contributed by atoms with van der Waals surface area (Å²) in [6.07, 6.45) is 1.06. The molecule has 0 saturated heterocycles. The molecule has 1 heterocycles. The summed E-state index contributed by atoms with van der Waals surface area (Å²) in [6.45, 7) is 2.11. The average molecular weight is 272 g/mol. The van der Waals surface area contributed by atoms with E-state index >= 15 is 0 Å². The molecule has 0 amide bonds. The first-order valence-corrected chi connectivity index (χ1v) is 5.84. The lowest BCUT2D eigenvalue weighted by molar-refractivity contribution is 0.194. The fraction of sp³-hybridized carbons (Fsp3) is 0.273. The number of hydrogen-bond donors (Lipinski definition) is 1. The van der Waals surface area contributed by atoms with Crippen molar-refractivity contribution in [1.82, 2.24) is 15.0 Å². The Bertz CT molecular complexity index is 525. The zero-order valence-corrected chi connectivity index (χ0v) is 10.7. The Labute approximate surface area is 109 Å². The monoisotopic (exact) mass is 271 g/mol. The van der Waals surface area contributed by atoms with Gasteiger partial charge in [-0.1, -0.05) is 28.4 Å². The van der Waals surface area contributed by atoms with E-state index in [4.69, 9.17) is 23.2 Å². The Hall–Kier alpha value is -1.10. The minimum atomic E-state index is -0.626. The highest BCUT2D eigenvalue weighted by molar-refractivity contribution is 6.33. The summed E-state index contributed by atoms with van der Waals surface area (Å²) in [7, 11) is 0. The molecule has 4 nitrogen and oxygen atoms in total. The normalized spacial score (nSPS) is 12.7. The molecule has 0 radical (unpaired) electrons. The molecule has 0 spiro atoms. The maximum absolute atomic E-state index is 9.34. The second kappa shape index (κ2) is 5.04. The largest absolute Gasteiger partial charge is 0.387 e. The van der Waals surface area contributed by atoms with Gasteiger partial charge in [-0.25, -0.2) is 4.68 Å². The Morgan fingerprint density at radius 3 is 2.82 bits per heavy atom. The Balaban J connectivity index is 2.22. The Morgan fingerprint density at radius 2 is 2.18 bits per heavy atom. The van der Waals surface area contributed by atoms with Gasteiger partial charge in [0.1, 0.15) is 5.69 Å². The van der Waals surface area contributed by atoms with Crippen molar-refractivity contribution in [2.75, 3.05) is 0 Å². The second-order valence-electron chi connectivity index (χ2n) is 3.75. The predicted octanol–water partition coefficient (Wildman–Crippen LogP) is 2.69. The van der Waals surface area contributed by atoms with Crippen LogP contribution in [0.4, 0.5) is 0 Å². The molecule has 2 rings (SSSR count). The van der Waals surface area contributed by atoms with Gasteiger partial charge in [-0.2, -0.15) is 0 Å². The smallest absolute Gasteiger partial charge is 0.111 e. The van der Waals surface area contributed by atoms with Crippen LogP contribution in [0.3, 0.4) is 0 Å². The highest BCUT2D eigenvalue weighted by Gasteiger charge is 2.08. The van der Waals surface area contributed by atoms with E-state index < -0.39 is 6.10 Å². The van der Waals surface area contributed by atoms with Gasteiger partial charge in [0.15, 0.2) is 0 Å². The van der Waals surface area contributed by atoms with Crippen LogP contribution in [0.1, 0.15) is 24.3 Å². The first-order chi connectivity index (χ1) is 8.06. The molecule has 0 fully saturated rings. The molecule has 1 aromatic carbocycles. The molecule has 2 aromatic rings. The lowest BCUT2D eigenvalue weighted by Crippen LogP contribution is -2.01. The van der Waals surface area contributed by atoms with Crippen molar-refractivity contribution in [1.29, 1.82) is 0 Å². The number of rotatable bonds is 3. The summed E-state index contributed by atoms with van der Waals surface area (Å²) >= 11 is 11.9. The van der Waals surface area contributed by atoms with E-state index in [2.05, 4.69) is 10.3 Å². The van der Waals surface area contributed by atoms with Gasteiger partial charge in [0.05, 0.1) is 18.8 Å². The average Bonchev–Trinajstić information content (AvgIpc) is 2.72. The van der Waals surface area contributed by atoms with E-state index in [1.165, 1.54) is 0 Å². The van der Waals surface area contributed by atoms with Crippen LogP contribution >= 0.6 is 23.2 Å². The van der Waals surface area contributed by atoms with Gasteiger partial charge in [-0.15, -0.1) is 5.10 Å². The third-order valence-corrected chi connectivity index (χ3v) is 2.93. The fourth-order valence-electron chi connectivity index (χ4n) is 1.42. The van der Waals surface area contributed by atoms with Gasteiger partial charge in [-0.3, -0.25) is 0 Å². The summed E-state index contributed by atoms with van der Waals surface area (Å²) < 4.78 is 1.61. The molecule has 0 aliphatic carbocycles. The zero-order valence-electron chi connectivity index (χ0n) is 9.14. The van der Waals surface area contributed by atoms with Crippen LogP contribution < -0.4 is 0 Å². The molecule has 0 aliphatic heterocycles. The van der Waals surface area contributed by atoms with Crippen LogP contribution in [0.5, 0.6) is 0 Å². The zero-order chi connectivity index (χ0) is 12.4. The van der Waals surface area contributed by atoms with Gasteiger partial charge < -0.3 is 5.11 Å². The van der Waals surface area contributed by atoms with Crippen molar-refractivity contribution in [3.05, 3.63) is 45.7 Å². The summed E-state index contributed by atoms with van der Waals surface area (Å²) in [4.78, 5) is 0. The van der Waals surface area contributed by atoms with E-state index in [1.54, 1.807) is 36.0 Å². The molecule has 0 bridgehead atoms. The second-order valence-corrected chi connectivity index (χ2v) is 4.60. The lowest BCUT2D eigenvalue weighted by atomic mass is 10.2. The van der Waals surface area contributed by atoms with Crippen LogP contribution in [-0.2, 0) is 6.54 Å². The van der Waals surface area contributed by atoms with E-state index in [-0.39, 0.29) is 0 Å². The van der Waals surface area contributed by atoms with Crippen molar-refractivity contribution in [3.8, 4) is 0 Å². The van der Waals surface area contributed by atoms with Gasteiger partial charge in [0.2, 0.25) is 0 Å². The Kier molecular flexibility index (Phi) is 3.66. The lowest BCUT2D eigenvalue weighted by Gasteiger charge is -2.04. The number of nitrogens with zero attached hydrogens (tertiary/aromatic N) is 3. The van der Waals surface area contributed by atoms with Crippen molar-refractivity contribution < 1.29 is 5.11 Å². The van der Waals surface area contributed by atoms with E-state index in [1.807, 2.05) is 0 Å². The summed E-state index contributed by atoms with van der Waals surface area (Å²) in [5.74, 6) is 0. The van der Waals surface area contributed by atoms with E-state index in [0.717, 1.165) is 5.56 Å². The molecule has 1 N–H and O–H groups in total. The first-order valence-electron chi connectivity index (χ1n) is 5.08. The van der Waals surface area contributed by atoms with Crippen LogP contribution in [0.2, 0.25) is 10.0 Å². The van der Waals surface area contributed by atoms with Crippen molar-refractivity contribution >= 4 is 23.2 Å². The third kappa shape index (κ3) is 2.97. The number of hydrogen-bond acceptors (Lipinski definition) is 3. The summed E-state index contributed by atoms with van der Waals surface area (Å²) in [6, 6.07) is 5.26. The quantitative estimate of drug-likeness (QED) is 0.934. The number of benzene rings is 1. The molecule has 1 atom stereocenters. The molecule has 1 unspecified atom stereocenters. The SMILES string of the molecule is CC(O)c1cn(Cc2cc(Cl)ccc2Cl)nn1. The fourth-order valence-corrected chi connectivity index (χ4v) is 1.79. The topological polar surface area (TPSA) is 50.9 Å². The van der Waals surface area contributed by atoms with Crippen LogP contribution in [0.15, 0.2) is 24.4 Å². The van der Waals surface area contributed by atoms with E-state index in [9.17, 15) is 5.11 Å². The number of aromatic nitrogens is 3. The maximum Gasteiger partial charge on any atom is 0.111 e. The van der Waals surface area contributed by atoms with Crippen LogP contribution in [0, 0.1) is 0 Å². The highest BCUT2D eigenvalue weighted by atomic mass is 35.5. The summed E-state index contributed by atoms with van der Waals surface area (Å²) in [5, 5.41) is 18.4. The van der Waals surface area contributed by atoms with Gasteiger partial charge >= 0.3 is 0 Å². The van der Waals surface area contributed by atoms with Gasteiger partial charge in [-0.05, 0) is 30.7 Å². The van der Waals surface area contributed by atoms with Crippen LogP contribution in [0.25, 0.3) is 0 Å². The third-order valence-electron chi connectivity index (χ3n) is 2.32. The molecule has 17 heavy (non-hydrogen) atoms. The minimum absolute atomic E-state index is 0.471. The molecule has 90 valence electrons. The van der Waals surface area contributed by atoms with E-state index in [0.29, 0.717) is 22.3 Å². The molecule has 6 heteroatoms. The van der Waals surface area contributed by atoms with Crippen molar-refractivity contribution in [2.45, 2.75) is 19.6 Å². The maximum atomic E-state index is 9.34. The number of aliphatic hydroxyl groups is 1. The standard InChI is InChI=1S/C11H11Cl2N3O/c1-7(17)11-6-16(15-14-11)5-8-4-9(12)2-3-10(8)13/h2-4,6-7,17H,5H2,1H3. The minimum Gasteiger partial charge on any atom is -0.387 e. The highest BCUT2D eigenvalue weighted by Crippen LogP contribution is 2.21. The number of halogens is 2. The van der Waals surface area contributed by atoms with Gasteiger partial charge in [0.25, 0.3) is 0 Å². The molecule has 0 aliphatic rings. The predicted molar refractivity (Wildman–Crippen MR) is 66.2 cm³/mol. The van der Waals surface area contributed by atoms with Crippen molar-refractivity contribution in [3.63, 3.8) is 0 Å². The first kappa shape index (κ1) is 12.4.